The van der Waals surface area contributed by atoms with E-state index in [1.165, 1.54) is 17.8 Å². The number of rotatable bonds is 5. The fraction of sp³-hybridized carbons (Fsp3) is 0.154. The summed E-state index contributed by atoms with van der Waals surface area (Å²) in [4.78, 5) is 15.5. The first-order valence-electron chi connectivity index (χ1n) is 5.81. The standard InChI is InChI=1S/C13H12ClN3O2S/c1-15-13-7-6-9(14)10(16-13)8-20-12-5-3-2-4-11(12)17(18)19/h2-7H,8H2,1H3,(H,15,16). The molecule has 0 amide bonds. The van der Waals surface area contributed by atoms with Gasteiger partial charge < -0.3 is 5.32 Å². The second kappa shape index (κ2) is 6.58. The van der Waals surface area contributed by atoms with Crippen LogP contribution in [-0.4, -0.2) is 17.0 Å². The molecule has 1 aromatic carbocycles. The van der Waals surface area contributed by atoms with E-state index in [9.17, 15) is 10.1 Å². The molecule has 7 heteroatoms. The smallest absolute Gasteiger partial charge is 0.282 e. The number of thioether (sulfide) groups is 1. The van der Waals surface area contributed by atoms with Gasteiger partial charge in [-0.3, -0.25) is 10.1 Å². The largest absolute Gasteiger partial charge is 0.373 e. The van der Waals surface area contributed by atoms with Gasteiger partial charge in [0.2, 0.25) is 0 Å². The minimum atomic E-state index is -0.388. The second-order valence-corrected chi connectivity index (χ2v) is 5.31. The Morgan fingerprint density at radius 2 is 2.10 bits per heavy atom. The Bertz CT molecular complexity index is 637. The first-order valence-corrected chi connectivity index (χ1v) is 7.17. The quantitative estimate of drug-likeness (QED) is 0.514. The molecule has 104 valence electrons. The summed E-state index contributed by atoms with van der Waals surface area (Å²) in [5.41, 5.74) is 0.792. The van der Waals surface area contributed by atoms with Crippen LogP contribution < -0.4 is 5.32 Å². The zero-order valence-corrected chi connectivity index (χ0v) is 12.2. The SMILES string of the molecule is CNc1ccc(Cl)c(CSc2ccccc2[N+](=O)[O-])n1. The van der Waals surface area contributed by atoms with Crippen LogP contribution in [-0.2, 0) is 5.75 Å². The Kier molecular flexibility index (Phi) is 4.81. The van der Waals surface area contributed by atoms with Crippen LogP contribution in [0.15, 0.2) is 41.3 Å². The fourth-order valence-corrected chi connectivity index (χ4v) is 2.83. The molecule has 0 atom stereocenters. The highest BCUT2D eigenvalue weighted by Crippen LogP contribution is 2.32. The lowest BCUT2D eigenvalue weighted by Crippen LogP contribution is -1.97. The number of nitro groups is 1. The summed E-state index contributed by atoms with van der Waals surface area (Å²) in [5.74, 6) is 1.19. The lowest BCUT2D eigenvalue weighted by atomic mass is 10.3. The molecule has 0 spiro atoms. The van der Waals surface area contributed by atoms with Crippen molar-refractivity contribution in [2.24, 2.45) is 0 Å². The third kappa shape index (κ3) is 3.40. The van der Waals surface area contributed by atoms with Crippen LogP contribution in [0.25, 0.3) is 0 Å². The van der Waals surface area contributed by atoms with Gasteiger partial charge in [0.25, 0.3) is 5.69 Å². The van der Waals surface area contributed by atoms with Crippen molar-refractivity contribution in [3.8, 4) is 0 Å². The van der Waals surface area contributed by atoms with Crippen molar-refractivity contribution in [3.05, 3.63) is 57.2 Å². The predicted octanol–water partition coefficient (Wildman–Crippen LogP) is 3.98. The van der Waals surface area contributed by atoms with Gasteiger partial charge in [-0.15, -0.1) is 11.8 Å². The molecule has 0 bridgehead atoms. The number of hydrogen-bond donors (Lipinski definition) is 1. The topological polar surface area (TPSA) is 68.1 Å². The molecule has 0 saturated carbocycles. The molecule has 2 rings (SSSR count). The number of pyridine rings is 1. The normalized spacial score (nSPS) is 10.3. The fourth-order valence-electron chi connectivity index (χ4n) is 1.60. The number of nitrogens with zero attached hydrogens (tertiary/aromatic N) is 2. The highest BCUT2D eigenvalue weighted by atomic mass is 35.5. The zero-order valence-electron chi connectivity index (χ0n) is 10.7. The van der Waals surface area contributed by atoms with Crippen molar-refractivity contribution in [1.29, 1.82) is 0 Å². The molecule has 1 aromatic heterocycles. The minimum Gasteiger partial charge on any atom is -0.373 e. The van der Waals surface area contributed by atoms with E-state index in [0.717, 1.165) is 0 Å². The molecule has 5 nitrogen and oxygen atoms in total. The third-order valence-corrected chi connectivity index (χ3v) is 4.02. The maximum absolute atomic E-state index is 10.9. The van der Waals surface area contributed by atoms with Crippen LogP contribution in [0, 0.1) is 10.1 Å². The number of nitro benzene ring substituents is 1. The summed E-state index contributed by atoms with van der Waals surface area (Å²) in [6, 6.07) is 10.2. The summed E-state index contributed by atoms with van der Waals surface area (Å²) >= 11 is 7.43. The average Bonchev–Trinajstić information content (AvgIpc) is 2.46. The molecule has 0 saturated heterocycles. The van der Waals surface area contributed by atoms with E-state index in [0.29, 0.717) is 27.2 Å². The minimum absolute atomic E-state index is 0.0957. The summed E-state index contributed by atoms with van der Waals surface area (Å²) in [6.07, 6.45) is 0. The van der Waals surface area contributed by atoms with Gasteiger partial charge in [-0.05, 0) is 18.2 Å². The molecule has 0 aliphatic carbocycles. The monoisotopic (exact) mass is 309 g/mol. The highest BCUT2D eigenvalue weighted by molar-refractivity contribution is 7.98. The van der Waals surface area contributed by atoms with Gasteiger partial charge in [0.05, 0.1) is 20.5 Å². The van der Waals surface area contributed by atoms with E-state index in [4.69, 9.17) is 11.6 Å². The maximum atomic E-state index is 10.9. The molecule has 0 aliphatic rings. The van der Waals surface area contributed by atoms with Crippen molar-refractivity contribution < 1.29 is 4.92 Å². The molecule has 1 N–H and O–H groups in total. The van der Waals surface area contributed by atoms with Gasteiger partial charge in [0.1, 0.15) is 5.82 Å². The number of benzene rings is 1. The van der Waals surface area contributed by atoms with E-state index in [1.54, 1.807) is 37.4 Å². The maximum Gasteiger partial charge on any atom is 0.282 e. The van der Waals surface area contributed by atoms with Crippen molar-refractivity contribution in [2.45, 2.75) is 10.6 Å². The van der Waals surface area contributed by atoms with Crippen LogP contribution in [0.1, 0.15) is 5.69 Å². The Morgan fingerprint density at radius 1 is 1.35 bits per heavy atom. The van der Waals surface area contributed by atoms with Crippen LogP contribution in [0.5, 0.6) is 0 Å². The van der Waals surface area contributed by atoms with E-state index in [1.807, 2.05) is 0 Å². The van der Waals surface area contributed by atoms with E-state index in [-0.39, 0.29) is 10.6 Å². The van der Waals surface area contributed by atoms with Crippen molar-refractivity contribution in [2.75, 3.05) is 12.4 Å². The van der Waals surface area contributed by atoms with Crippen LogP contribution in [0.3, 0.4) is 0 Å². The van der Waals surface area contributed by atoms with Crippen LogP contribution >= 0.6 is 23.4 Å². The second-order valence-electron chi connectivity index (χ2n) is 3.89. The molecule has 0 aliphatic heterocycles. The summed E-state index contributed by atoms with van der Waals surface area (Å²) < 4.78 is 0. The molecule has 20 heavy (non-hydrogen) atoms. The van der Waals surface area contributed by atoms with E-state index < -0.39 is 0 Å². The first-order chi connectivity index (χ1) is 9.61. The number of anilines is 1. The number of nitrogens with one attached hydrogen (secondary N) is 1. The number of halogens is 1. The highest BCUT2D eigenvalue weighted by Gasteiger charge is 2.14. The van der Waals surface area contributed by atoms with Gasteiger partial charge in [-0.1, -0.05) is 23.7 Å². The Morgan fingerprint density at radius 3 is 2.80 bits per heavy atom. The van der Waals surface area contributed by atoms with Crippen molar-refractivity contribution in [1.82, 2.24) is 4.98 Å². The molecule has 1 heterocycles. The Hall–Kier alpha value is -1.79. The lowest BCUT2D eigenvalue weighted by molar-refractivity contribution is -0.387. The lowest BCUT2D eigenvalue weighted by Gasteiger charge is -2.06. The summed E-state index contributed by atoms with van der Waals surface area (Å²) in [7, 11) is 1.77. The van der Waals surface area contributed by atoms with E-state index >= 15 is 0 Å². The van der Waals surface area contributed by atoms with Gasteiger partial charge in [0, 0.05) is 18.9 Å². The number of aromatic nitrogens is 1. The Labute approximate surface area is 125 Å². The van der Waals surface area contributed by atoms with Gasteiger partial charge >= 0.3 is 0 Å². The zero-order chi connectivity index (χ0) is 14.5. The van der Waals surface area contributed by atoms with Gasteiger partial charge in [-0.25, -0.2) is 4.98 Å². The van der Waals surface area contributed by atoms with Gasteiger partial charge in [-0.2, -0.15) is 0 Å². The summed E-state index contributed by atoms with van der Waals surface area (Å²) in [6.45, 7) is 0. The van der Waals surface area contributed by atoms with Crippen LogP contribution in [0.4, 0.5) is 11.5 Å². The molecular weight excluding hydrogens is 298 g/mol. The first kappa shape index (κ1) is 14.6. The molecular formula is C13H12ClN3O2S. The molecule has 0 unspecified atom stereocenters. The molecule has 0 fully saturated rings. The third-order valence-electron chi connectivity index (χ3n) is 2.60. The van der Waals surface area contributed by atoms with Gasteiger partial charge in [0.15, 0.2) is 0 Å². The van der Waals surface area contributed by atoms with E-state index in [2.05, 4.69) is 10.3 Å². The predicted molar refractivity (Wildman–Crippen MR) is 81.5 cm³/mol. The summed E-state index contributed by atoms with van der Waals surface area (Å²) in [5, 5.41) is 14.4. The molecule has 0 radical (unpaired) electrons. The average molecular weight is 310 g/mol. The molecule has 2 aromatic rings. The van der Waals surface area contributed by atoms with Crippen molar-refractivity contribution >= 4 is 34.9 Å². The number of hydrogen-bond acceptors (Lipinski definition) is 5. The number of para-hydroxylation sites is 1. The van der Waals surface area contributed by atoms with Crippen molar-refractivity contribution in [3.63, 3.8) is 0 Å². The van der Waals surface area contributed by atoms with Crippen LogP contribution in [0.2, 0.25) is 5.02 Å². The Balaban J connectivity index is 2.19.